The van der Waals surface area contributed by atoms with E-state index in [0.29, 0.717) is 35.6 Å². The summed E-state index contributed by atoms with van der Waals surface area (Å²) >= 11 is 19.2. The van der Waals surface area contributed by atoms with Crippen LogP contribution in [-0.4, -0.2) is 44.0 Å². The van der Waals surface area contributed by atoms with Crippen LogP contribution >= 0.6 is 34.8 Å². The van der Waals surface area contributed by atoms with Gasteiger partial charge < -0.3 is 19.5 Å². The molecule has 0 saturated heterocycles. The monoisotopic (exact) mass is 724 g/mol. The lowest BCUT2D eigenvalue weighted by Crippen LogP contribution is -2.06. The highest BCUT2D eigenvalue weighted by atomic mass is 35.5. The number of methoxy groups -OCH3 is 2. The van der Waals surface area contributed by atoms with Gasteiger partial charge in [-0.1, -0.05) is 64.3 Å². The van der Waals surface area contributed by atoms with Crippen LogP contribution in [0.4, 0.5) is 5.82 Å². The van der Waals surface area contributed by atoms with Gasteiger partial charge in [0.05, 0.1) is 49.1 Å². The van der Waals surface area contributed by atoms with Crippen LogP contribution in [0.25, 0.3) is 22.1 Å². The molecule has 0 spiro atoms. The zero-order chi connectivity index (χ0) is 34.8. The van der Waals surface area contributed by atoms with Crippen molar-refractivity contribution in [2.75, 3.05) is 19.5 Å². The first-order valence-electron chi connectivity index (χ1n) is 15.3. The number of halogens is 3. The molecular formula is C36H27Cl3N8O3. The summed E-state index contributed by atoms with van der Waals surface area (Å²) in [4.78, 5) is 4.98. The van der Waals surface area contributed by atoms with Gasteiger partial charge in [0.15, 0.2) is 16.9 Å². The molecule has 0 radical (unpaired) electrons. The molecule has 7 aromatic rings. The summed E-state index contributed by atoms with van der Waals surface area (Å²) in [5.41, 5.74) is 4.78. The number of hydrogen-bond acceptors (Lipinski definition) is 9. The second-order valence-electron chi connectivity index (χ2n) is 11.2. The Kier molecular flexibility index (Phi) is 9.32. The zero-order valence-electron chi connectivity index (χ0n) is 26.7. The van der Waals surface area contributed by atoms with Crippen LogP contribution in [0.5, 0.6) is 23.0 Å². The normalized spacial score (nSPS) is 11.1. The number of pyridine rings is 1. The molecule has 0 unspecified atom stereocenters. The van der Waals surface area contributed by atoms with Crippen molar-refractivity contribution in [3.63, 3.8) is 0 Å². The van der Waals surface area contributed by atoms with Crippen LogP contribution in [0, 0.1) is 11.3 Å². The Balaban J connectivity index is 1.23. The third-order valence-corrected chi connectivity index (χ3v) is 8.93. The Bertz CT molecular complexity index is 2390. The molecule has 0 aliphatic carbocycles. The minimum Gasteiger partial charge on any atom is -0.497 e. The second-order valence-corrected chi connectivity index (χ2v) is 12.4. The lowest BCUT2D eigenvalue weighted by Gasteiger charge is -2.11. The summed E-state index contributed by atoms with van der Waals surface area (Å²) < 4.78 is 20.3. The number of rotatable bonds is 11. The highest BCUT2D eigenvalue weighted by Crippen LogP contribution is 2.40. The number of ether oxygens (including phenoxy) is 3. The molecular weight excluding hydrogens is 699 g/mol. The third kappa shape index (κ3) is 6.69. The second kappa shape index (κ2) is 14.1. The summed E-state index contributed by atoms with van der Waals surface area (Å²) in [7, 11) is 3.29. The van der Waals surface area contributed by atoms with Crippen molar-refractivity contribution < 1.29 is 14.2 Å². The van der Waals surface area contributed by atoms with Gasteiger partial charge in [0.1, 0.15) is 34.2 Å². The molecule has 3 heterocycles. The predicted molar refractivity (Wildman–Crippen MR) is 193 cm³/mol. The maximum absolute atomic E-state index is 9.46. The molecule has 11 nitrogen and oxygen atoms in total. The summed E-state index contributed by atoms with van der Waals surface area (Å²) in [6.07, 6.45) is 0. The quantitative estimate of drug-likeness (QED) is 0.140. The van der Waals surface area contributed by atoms with Crippen molar-refractivity contribution in [3.05, 3.63) is 122 Å². The van der Waals surface area contributed by atoms with E-state index < -0.39 is 0 Å². The Morgan fingerprint density at radius 1 is 0.820 bits per heavy atom. The summed E-state index contributed by atoms with van der Waals surface area (Å²) in [5, 5.41) is 28.3. The predicted octanol–water partition coefficient (Wildman–Crippen LogP) is 8.53. The number of benzene rings is 4. The van der Waals surface area contributed by atoms with Gasteiger partial charge in [-0.15, -0.1) is 5.10 Å². The maximum Gasteiger partial charge on any atom is 0.175 e. The molecule has 0 bridgehead atoms. The number of hydrogen-bond donors (Lipinski definition) is 1. The molecule has 0 saturated carbocycles. The molecule has 0 aliphatic heterocycles. The number of anilines is 1. The number of nitriles is 1. The highest BCUT2D eigenvalue weighted by Gasteiger charge is 2.20. The third-order valence-electron chi connectivity index (χ3n) is 8.02. The van der Waals surface area contributed by atoms with Gasteiger partial charge in [-0.3, -0.25) is 0 Å². The van der Waals surface area contributed by atoms with Gasteiger partial charge in [-0.05, 0) is 65.7 Å². The molecule has 0 fully saturated rings. The van der Waals surface area contributed by atoms with Gasteiger partial charge >= 0.3 is 0 Å². The summed E-state index contributed by atoms with van der Waals surface area (Å²) in [5.74, 6) is 2.68. The lowest BCUT2D eigenvalue weighted by molar-refractivity contribution is 0.414. The topological polar surface area (TPSA) is 125 Å². The van der Waals surface area contributed by atoms with E-state index in [1.54, 1.807) is 31.0 Å². The lowest BCUT2D eigenvalue weighted by atomic mass is 10.2. The fourth-order valence-electron chi connectivity index (χ4n) is 5.46. The molecule has 1 N–H and O–H groups in total. The van der Waals surface area contributed by atoms with Crippen molar-refractivity contribution in [2.24, 2.45) is 0 Å². The molecule has 14 heteroatoms. The zero-order valence-corrected chi connectivity index (χ0v) is 29.0. The van der Waals surface area contributed by atoms with Crippen molar-refractivity contribution in [3.8, 4) is 29.1 Å². The first kappa shape index (κ1) is 33.0. The fourth-order valence-corrected chi connectivity index (χ4v) is 6.05. The molecule has 0 amide bonds. The fraction of sp³-hybridized carbons (Fsp3) is 0.139. The Morgan fingerprint density at radius 2 is 1.54 bits per heavy atom. The van der Waals surface area contributed by atoms with E-state index in [2.05, 4.69) is 15.6 Å². The molecule has 4 aromatic carbocycles. The van der Waals surface area contributed by atoms with E-state index in [9.17, 15) is 5.26 Å². The van der Waals surface area contributed by atoms with Gasteiger partial charge in [-0.25, -0.2) is 14.3 Å². The van der Waals surface area contributed by atoms with Gasteiger partial charge in [0, 0.05) is 23.0 Å². The van der Waals surface area contributed by atoms with Crippen LogP contribution in [0.1, 0.15) is 22.4 Å². The number of fused-ring (bicyclic) bond motifs is 2. The van der Waals surface area contributed by atoms with E-state index in [0.717, 1.165) is 33.7 Å². The Hall–Kier alpha value is -5.54. The number of nitrogens with zero attached hydrogens (tertiary/aromatic N) is 7. The average molecular weight is 726 g/mol. The van der Waals surface area contributed by atoms with Crippen LogP contribution < -0.4 is 19.5 Å². The molecule has 250 valence electrons. The maximum atomic E-state index is 9.46. The summed E-state index contributed by atoms with van der Waals surface area (Å²) in [6.45, 7) is 1.34. The SMILES string of the molecule is COc1ccc(CNc2ccc3c(Cn4nnc5c(Oc6cc(Cl)cc(C#N)c6Cl)c(Cl)ccc54)nn(Cc4ccc(OC)cc4)c3n2)cc1. The van der Waals surface area contributed by atoms with E-state index in [1.807, 2.05) is 71.4 Å². The number of nitrogens with one attached hydrogen (secondary N) is 1. The van der Waals surface area contributed by atoms with E-state index in [4.69, 9.17) is 59.1 Å². The van der Waals surface area contributed by atoms with E-state index in [-0.39, 0.29) is 38.7 Å². The summed E-state index contributed by atoms with van der Waals surface area (Å²) in [6, 6.07) is 28.1. The smallest absolute Gasteiger partial charge is 0.175 e. The Morgan fingerprint density at radius 3 is 2.24 bits per heavy atom. The molecule has 50 heavy (non-hydrogen) atoms. The first-order valence-corrected chi connectivity index (χ1v) is 16.4. The first-order chi connectivity index (χ1) is 24.3. The molecule has 0 atom stereocenters. The minimum absolute atomic E-state index is 0.108. The van der Waals surface area contributed by atoms with Crippen LogP contribution in [0.2, 0.25) is 15.1 Å². The van der Waals surface area contributed by atoms with E-state index >= 15 is 0 Å². The van der Waals surface area contributed by atoms with E-state index in [1.165, 1.54) is 12.1 Å². The van der Waals surface area contributed by atoms with Crippen LogP contribution in [0.3, 0.4) is 0 Å². The average Bonchev–Trinajstić information content (AvgIpc) is 3.70. The van der Waals surface area contributed by atoms with Crippen molar-refractivity contribution >= 4 is 62.7 Å². The highest BCUT2D eigenvalue weighted by molar-refractivity contribution is 6.35. The van der Waals surface area contributed by atoms with Crippen molar-refractivity contribution in [2.45, 2.75) is 19.6 Å². The van der Waals surface area contributed by atoms with Gasteiger partial charge in [-0.2, -0.15) is 10.4 Å². The van der Waals surface area contributed by atoms with Crippen LogP contribution in [0.15, 0.2) is 84.9 Å². The van der Waals surface area contributed by atoms with Gasteiger partial charge in [0.25, 0.3) is 0 Å². The van der Waals surface area contributed by atoms with Gasteiger partial charge in [0.2, 0.25) is 0 Å². The Labute approximate surface area is 301 Å². The minimum atomic E-state index is 0.108. The molecule has 0 aliphatic rings. The molecule has 7 rings (SSSR count). The van der Waals surface area contributed by atoms with Crippen LogP contribution in [-0.2, 0) is 19.6 Å². The standard InChI is InChI=1S/C36H27Cl3N8O3/c1-48-25-7-3-21(4-8-25)18-41-32-14-11-27-29(44-47(36(27)42-32)19-22-5-9-26(49-2)10-6-22)20-46-30-13-12-28(38)35(34(30)43-45-46)50-31-16-24(37)15-23(17-40)33(31)39/h3-16H,18-20H2,1-2H3,(H,41,42). The van der Waals surface area contributed by atoms with Crippen molar-refractivity contribution in [1.82, 2.24) is 29.8 Å². The molecule has 3 aromatic heterocycles. The largest absolute Gasteiger partial charge is 0.497 e. The van der Waals surface area contributed by atoms with Crippen molar-refractivity contribution in [1.29, 1.82) is 5.26 Å². The number of aromatic nitrogens is 6.